The number of rotatable bonds is 2. The fourth-order valence-corrected chi connectivity index (χ4v) is 2.19. The first-order valence-electron chi connectivity index (χ1n) is 6.33. The zero-order chi connectivity index (χ0) is 13.2. The quantitative estimate of drug-likeness (QED) is 0.662. The standard InChI is InChI=1S/C17H15NO/c1-12-7-3-5-9-14(12)16-11-18-17(19-16)15-10-6-4-8-13(15)2/h3-11H,1-2H3. The second-order valence-corrected chi connectivity index (χ2v) is 4.66. The van der Waals surface area contributed by atoms with Crippen LogP contribution in [0, 0.1) is 13.8 Å². The molecule has 1 aromatic heterocycles. The molecule has 0 aliphatic carbocycles. The van der Waals surface area contributed by atoms with Crippen LogP contribution in [0.15, 0.2) is 59.1 Å². The molecule has 0 saturated carbocycles. The van der Waals surface area contributed by atoms with Gasteiger partial charge in [0.05, 0.1) is 6.20 Å². The molecule has 0 spiro atoms. The van der Waals surface area contributed by atoms with Crippen LogP contribution >= 0.6 is 0 Å². The molecule has 94 valence electrons. The third-order valence-electron chi connectivity index (χ3n) is 3.29. The summed E-state index contributed by atoms with van der Waals surface area (Å²) < 4.78 is 5.91. The van der Waals surface area contributed by atoms with E-state index in [1.165, 1.54) is 11.1 Å². The average Bonchev–Trinajstić information content (AvgIpc) is 2.89. The lowest BCUT2D eigenvalue weighted by molar-refractivity contribution is 0.588. The molecule has 3 aromatic rings. The third kappa shape index (κ3) is 2.17. The van der Waals surface area contributed by atoms with Crippen molar-refractivity contribution in [1.82, 2.24) is 4.98 Å². The van der Waals surface area contributed by atoms with Gasteiger partial charge in [-0.1, -0.05) is 42.5 Å². The summed E-state index contributed by atoms with van der Waals surface area (Å²) in [5, 5.41) is 0. The van der Waals surface area contributed by atoms with Crippen molar-refractivity contribution in [3.63, 3.8) is 0 Å². The van der Waals surface area contributed by atoms with Crippen molar-refractivity contribution in [3.8, 4) is 22.8 Å². The molecule has 3 rings (SSSR count). The Labute approximate surface area is 112 Å². The zero-order valence-electron chi connectivity index (χ0n) is 11.1. The topological polar surface area (TPSA) is 26.0 Å². The van der Waals surface area contributed by atoms with E-state index in [9.17, 15) is 0 Å². The minimum atomic E-state index is 0.677. The van der Waals surface area contributed by atoms with Gasteiger partial charge in [-0.25, -0.2) is 4.98 Å². The largest absolute Gasteiger partial charge is 0.436 e. The molecule has 0 atom stereocenters. The van der Waals surface area contributed by atoms with Crippen LogP contribution in [0.3, 0.4) is 0 Å². The Hall–Kier alpha value is -2.35. The highest BCUT2D eigenvalue weighted by Crippen LogP contribution is 2.29. The highest BCUT2D eigenvalue weighted by Gasteiger charge is 2.11. The number of hydrogen-bond acceptors (Lipinski definition) is 2. The predicted octanol–water partition coefficient (Wildman–Crippen LogP) is 4.63. The lowest BCUT2D eigenvalue weighted by atomic mass is 10.1. The van der Waals surface area contributed by atoms with Crippen molar-refractivity contribution in [2.45, 2.75) is 13.8 Å². The van der Waals surface area contributed by atoms with E-state index in [4.69, 9.17) is 4.42 Å². The molecule has 1 heterocycles. The van der Waals surface area contributed by atoms with E-state index in [1.54, 1.807) is 6.20 Å². The van der Waals surface area contributed by atoms with Gasteiger partial charge in [-0.05, 0) is 31.0 Å². The molecule has 0 amide bonds. The molecular weight excluding hydrogens is 234 g/mol. The smallest absolute Gasteiger partial charge is 0.226 e. The summed E-state index contributed by atoms with van der Waals surface area (Å²) in [6.45, 7) is 4.14. The highest BCUT2D eigenvalue weighted by atomic mass is 16.4. The minimum absolute atomic E-state index is 0.677. The Morgan fingerprint density at radius 2 is 1.37 bits per heavy atom. The van der Waals surface area contributed by atoms with Gasteiger partial charge in [-0.15, -0.1) is 0 Å². The van der Waals surface area contributed by atoms with Crippen LogP contribution in [-0.4, -0.2) is 4.98 Å². The summed E-state index contributed by atoms with van der Waals surface area (Å²) >= 11 is 0. The van der Waals surface area contributed by atoms with Gasteiger partial charge >= 0.3 is 0 Å². The fraction of sp³-hybridized carbons (Fsp3) is 0.118. The second-order valence-electron chi connectivity index (χ2n) is 4.66. The fourth-order valence-electron chi connectivity index (χ4n) is 2.19. The molecule has 2 aromatic carbocycles. The molecule has 0 aliphatic rings. The molecule has 0 unspecified atom stereocenters. The third-order valence-corrected chi connectivity index (χ3v) is 3.29. The van der Waals surface area contributed by atoms with E-state index in [0.29, 0.717) is 5.89 Å². The Bertz CT molecular complexity index is 653. The molecule has 2 heteroatoms. The highest BCUT2D eigenvalue weighted by molar-refractivity contribution is 5.65. The summed E-state index contributed by atoms with van der Waals surface area (Å²) in [5.74, 6) is 1.49. The number of nitrogens with zero attached hydrogens (tertiary/aromatic N) is 1. The van der Waals surface area contributed by atoms with Gasteiger partial charge < -0.3 is 4.42 Å². The number of aryl methyl sites for hydroxylation is 2. The van der Waals surface area contributed by atoms with E-state index in [2.05, 4.69) is 37.0 Å². The van der Waals surface area contributed by atoms with E-state index in [-0.39, 0.29) is 0 Å². The van der Waals surface area contributed by atoms with Crippen molar-refractivity contribution in [1.29, 1.82) is 0 Å². The van der Waals surface area contributed by atoms with Crippen molar-refractivity contribution >= 4 is 0 Å². The lowest BCUT2D eigenvalue weighted by Gasteiger charge is -2.02. The molecule has 0 fully saturated rings. The van der Waals surface area contributed by atoms with Crippen LogP contribution in [0.4, 0.5) is 0 Å². The Morgan fingerprint density at radius 3 is 2.00 bits per heavy atom. The van der Waals surface area contributed by atoms with Gasteiger partial charge in [0, 0.05) is 11.1 Å². The monoisotopic (exact) mass is 249 g/mol. The number of benzene rings is 2. The van der Waals surface area contributed by atoms with Gasteiger partial charge in [0.1, 0.15) is 0 Å². The number of aromatic nitrogens is 1. The van der Waals surface area contributed by atoms with Crippen molar-refractivity contribution in [2.75, 3.05) is 0 Å². The summed E-state index contributed by atoms with van der Waals surface area (Å²) in [4.78, 5) is 4.40. The van der Waals surface area contributed by atoms with Crippen LogP contribution in [0.25, 0.3) is 22.8 Å². The van der Waals surface area contributed by atoms with Crippen LogP contribution in [0.1, 0.15) is 11.1 Å². The van der Waals surface area contributed by atoms with Crippen LogP contribution in [0.5, 0.6) is 0 Å². The van der Waals surface area contributed by atoms with Gasteiger partial charge in [-0.3, -0.25) is 0 Å². The summed E-state index contributed by atoms with van der Waals surface area (Å²) in [6, 6.07) is 16.3. The molecule has 0 bridgehead atoms. The van der Waals surface area contributed by atoms with Crippen LogP contribution in [0.2, 0.25) is 0 Å². The normalized spacial score (nSPS) is 10.6. The molecule has 19 heavy (non-hydrogen) atoms. The van der Waals surface area contributed by atoms with Crippen LogP contribution in [-0.2, 0) is 0 Å². The molecule has 0 radical (unpaired) electrons. The molecule has 0 aliphatic heterocycles. The maximum atomic E-state index is 5.91. The molecular formula is C17H15NO. The lowest BCUT2D eigenvalue weighted by Crippen LogP contribution is -1.81. The molecule has 0 saturated heterocycles. The summed E-state index contributed by atoms with van der Waals surface area (Å²) in [5.41, 5.74) is 4.49. The Kier molecular flexibility index (Phi) is 2.92. The van der Waals surface area contributed by atoms with E-state index in [1.807, 2.05) is 30.3 Å². The average molecular weight is 249 g/mol. The van der Waals surface area contributed by atoms with E-state index >= 15 is 0 Å². The van der Waals surface area contributed by atoms with Crippen molar-refractivity contribution in [2.24, 2.45) is 0 Å². The van der Waals surface area contributed by atoms with Gasteiger partial charge in [0.15, 0.2) is 5.76 Å². The number of oxazole rings is 1. The maximum absolute atomic E-state index is 5.91. The summed E-state index contributed by atoms with van der Waals surface area (Å²) in [6.07, 6.45) is 1.80. The van der Waals surface area contributed by atoms with Gasteiger partial charge in [0.2, 0.25) is 5.89 Å². The van der Waals surface area contributed by atoms with Crippen LogP contribution < -0.4 is 0 Å². The summed E-state index contributed by atoms with van der Waals surface area (Å²) in [7, 11) is 0. The molecule has 0 N–H and O–H groups in total. The molecule has 2 nitrogen and oxygen atoms in total. The maximum Gasteiger partial charge on any atom is 0.226 e. The zero-order valence-corrected chi connectivity index (χ0v) is 11.1. The van der Waals surface area contributed by atoms with Gasteiger partial charge in [0.25, 0.3) is 0 Å². The Morgan fingerprint density at radius 1 is 0.789 bits per heavy atom. The SMILES string of the molecule is Cc1ccccc1-c1cnc(-c2ccccc2C)o1. The van der Waals surface area contributed by atoms with Crippen molar-refractivity contribution < 1.29 is 4.42 Å². The van der Waals surface area contributed by atoms with E-state index in [0.717, 1.165) is 16.9 Å². The first-order valence-corrected chi connectivity index (χ1v) is 6.33. The Balaban J connectivity index is 2.06. The van der Waals surface area contributed by atoms with Gasteiger partial charge in [-0.2, -0.15) is 0 Å². The minimum Gasteiger partial charge on any atom is -0.436 e. The number of hydrogen-bond donors (Lipinski definition) is 0. The predicted molar refractivity (Wildman–Crippen MR) is 76.8 cm³/mol. The second kappa shape index (κ2) is 4.73. The first-order chi connectivity index (χ1) is 9.25. The first kappa shape index (κ1) is 11.7. The van der Waals surface area contributed by atoms with E-state index < -0.39 is 0 Å². The van der Waals surface area contributed by atoms with Crippen molar-refractivity contribution in [3.05, 3.63) is 65.9 Å².